The number of amides is 1. The molecule has 0 bridgehead atoms. The van der Waals surface area contributed by atoms with E-state index < -0.39 is 0 Å². The van der Waals surface area contributed by atoms with Crippen LogP contribution in [0.5, 0.6) is 0 Å². The number of carbonyl (C=O) groups is 1. The Bertz CT molecular complexity index is 382. The van der Waals surface area contributed by atoms with Gasteiger partial charge in [-0.25, -0.2) is 4.79 Å². The number of piperidine rings is 1. The highest BCUT2D eigenvalue weighted by Crippen LogP contribution is 2.39. The van der Waals surface area contributed by atoms with Crippen molar-refractivity contribution in [3.05, 3.63) is 0 Å². The molecular formula is C15H26N2O4. The summed E-state index contributed by atoms with van der Waals surface area (Å²) in [5, 5.41) is 3.20. The molecule has 6 nitrogen and oxygen atoms in total. The minimum atomic E-state index is -0.211. The molecule has 21 heavy (non-hydrogen) atoms. The Morgan fingerprint density at radius 3 is 2.71 bits per heavy atom. The van der Waals surface area contributed by atoms with Crippen molar-refractivity contribution in [1.29, 1.82) is 0 Å². The molecule has 0 aromatic heterocycles. The van der Waals surface area contributed by atoms with E-state index in [2.05, 4.69) is 5.32 Å². The first-order chi connectivity index (χ1) is 10.1. The second kappa shape index (κ2) is 6.10. The number of methoxy groups -OCH3 is 1. The van der Waals surface area contributed by atoms with E-state index in [1.807, 2.05) is 6.92 Å². The number of hydrogen-bond acceptors (Lipinski definition) is 5. The quantitative estimate of drug-likeness (QED) is 0.820. The fourth-order valence-corrected chi connectivity index (χ4v) is 2.78. The molecule has 2 atom stereocenters. The summed E-state index contributed by atoms with van der Waals surface area (Å²) in [6, 6.07) is 0. The van der Waals surface area contributed by atoms with Crippen LogP contribution in [-0.4, -0.2) is 68.7 Å². The molecule has 2 heterocycles. The first kappa shape index (κ1) is 15.1. The van der Waals surface area contributed by atoms with E-state index in [4.69, 9.17) is 14.2 Å². The van der Waals surface area contributed by atoms with Gasteiger partial charge in [-0.15, -0.1) is 0 Å². The van der Waals surface area contributed by atoms with E-state index in [0.717, 1.165) is 38.9 Å². The number of likely N-dealkylation sites (tertiary alicyclic amines) is 1. The van der Waals surface area contributed by atoms with Gasteiger partial charge >= 0.3 is 6.09 Å². The summed E-state index contributed by atoms with van der Waals surface area (Å²) in [6.45, 7) is 5.92. The molecule has 0 radical (unpaired) electrons. The van der Waals surface area contributed by atoms with E-state index >= 15 is 0 Å². The normalized spacial score (nSPS) is 31.6. The molecule has 0 aromatic rings. The number of ether oxygens (including phenoxy) is 3. The molecule has 1 aliphatic carbocycles. The van der Waals surface area contributed by atoms with Gasteiger partial charge in [-0.2, -0.15) is 0 Å². The number of nitrogens with one attached hydrogen (secondary N) is 1. The second-order valence-corrected chi connectivity index (χ2v) is 6.70. The zero-order valence-corrected chi connectivity index (χ0v) is 13.0. The van der Waals surface area contributed by atoms with Gasteiger partial charge in [0.25, 0.3) is 0 Å². The van der Waals surface area contributed by atoms with Gasteiger partial charge in [0, 0.05) is 32.7 Å². The van der Waals surface area contributed by atoms with Crippen LogP contribution in [0.2, 0.25) is 0 Å². The predicted molar refractivity (Wildman–Crippen MR) is 77.2 cm³/mol. The van der Waals surface area contributed by atoms with E-state index in [9.17, 15) is 4.79 Å². The minimum absolute atomic E-state index is 0.0337. The van der Waals surface area contributed by atoms with Crippen LogP contribution < -0.4 is 5.32 Å². The monoisotopic (exact) mass is 298 g/mol. The summed E-state index contributed by atoms with van der Waals surface area (Å²) in [6.07, 6.45) is 3.05. The topological polar surface area (TPSA) is 60.0 Å². The lowest BCUT2D eigenvalue weighted by atomic mass is 9.94. The molecular weight excluding hydrogens is 272 g/mol. The van der Waals surface area contributed by atoms with E-state index in [1.54, 1.807) is 12.0 Å². The Kier molecular flexibility index (Phi) is 4.38. The van der Waals surface area contributed by atoms with Crippen LogP contribution in [0, 0.1) is 5.92 Å². The van der Waals surface area contributed by atoms with E-state index in [-0.39, 0.29) is 17.8 Å². The molecule has 1 amide bonds. The smallest absolute Gasteiger partial charge is 0.410 e. The van der Waals surface area contributed by atoms with E-state index in [1.165, 1.54) is 0 Å². The Balaban J connectivity index is 1.46. The Morgan fingerprint density at radius 1 is 1.38 bits per heavy atom. The van der Waals surface area contributed by atoms with Crippen LogP contribution in [-0.2, 0) is 14.2 Å². The van der Waals surface area contributed by atoms with Crippen molar-refractivity contribution in [2.45, 2.75) is 44.0 Å². The molecule has 3 aliphatic rings. The van der Waals surface area contributed by atoms with Crippen molar-refractivity contribution in [3.63, 3.8) is 0 Å². The fourth-order valence-electron chi connectivity index (χ4n) is 2.78. The molecule has 1 N–H and O–H groups in total. The zero-order valence-electron chi connectivity index (χ0n) is 13.0. The van der Waals surface area contributed by atoms with Gasteiger partial charge < -0.3 is 24.4 Å². The van der Waals surface area contributed by atoms with Crippen LogP contribution in [0.4, 0.5) is 4.79 Å². The number of hydrogen-bond donors (Lipinski definition) is 1. The summed E-state index contributed by atoms with van der Waals surface area (Å²) in [5.41, 5.74) is -0.211. The first-order valence-electron chi connectivity index (χ1n) is 7.93. The Hall–Kier alpha value is -0.850. The third kappa shape index (κ3) is 3.67. The molecule has 2 saturated heterocycles. The maximum atomic E-state index is 12.2. The highest BCUT2D eigenvalue weighted by Gasteiger charge is 2.43. The first-order valence-corrected chi connectivity index (χ1v) is 7.93. The lowest BCUT2D eigenvalue weighted by molar-refractivity contribution is -0.0698. The molecule has 0 spiro atoms. The summed E-state index contributed by atoms with van der Waals surface area (Å²) >= 11 is 0. The Labute approximate surface area is 126 Å². The van der Waals surface area contributed by atoms with Gasteiger partial charge in [-0.3, -0.25) is 0 Å². The number of nitrogens with zero attached hydrogens (tertiary/aromatic N) is 1. The molecule has 2 aliphatic heterocycles. The Morgan fingerprint density at radius 2 is 2.14 bits per heavy atom. The fraction of sp³-hybridized carbons (Fsp3) is 0.933. The summed E-state index contributed by atoms with van der Waals surface area (Å²) in [5.74, 6) is 0.358. The van der Waals surface area contributed by atoms with Crippen molar-refractivity contribution in [1.82, 2.24) is 10.2 Å². The zero-order chi connectivity index (χ0) is 14.9. The molecule has 120 valence electrons. The third-order valence-electron chi connectivity index (χ3n) is 4.83. The molecule has 6 heteroatoms. The van der Waals surface area contributed by atoms with Crippen LogP contribution >= 0.6 is 0 Å². The predicted octanol–water partition coefficient (Wildman–Crippen LogP) is 1.00. The molecule has 3 rings (SSSR count). The van der Waals surface area contributed by atoms with Crippen molar-refractivity contribution in [2.24, 2.45) is 5.92 Å². The SMILES string of the molecule is COC1CN(C(=O)OC2(C)CC2)CCC1COC1CNC1. The summed E-state index contributed by atoms with van der Waals surface area (Å²) in [7, 11) is 1.71. The maximum Gasteiger partial charge on any atom is 0.410 e. The van der Waals surface area contributed by atoms with Gasteiger partial charge in [-0.05, 0) is 26.2 Å². The van der Waals surface area contributed by atoms with E-state index in [0.29, 0.717) is 25.2 Å². The lowest BCUT2D eigenvalue weighted by Crippen LogP contribution is -2.52. The lowest BCUT2D eigenvalue weighted by Gasteiger charge is -2.38. The van der Waals surface area contributed by atoms with Crippen LogP contribution in [0.25, 0.3) is 0 Å². The highest BCUT2D eigenvalue weighted by molar-refractivity contribution is 5.68. The highest BCUT2D eigenvalue weighted by atomic mass is 16.6. The van der Waals surface area contributed by atoms with Crippen LogP contribution in [0.1, 0.15) is 26.2 Å². The largest absolute Gasteiger partial charge is 0.443 e. The third-order valence-corrected chi connectivity index (χ3v) is 4.83. The second-order valence-electron chi connectivity index (χ2n) is 6.70. The summed E-state index contributed by atoms with van der Waals surface area (Å²) in [4.78, 5) is 13.9. The van der Waals surface area contributed by atoms with Crippen LogP contribution in [0.15, 0.2) is 0 Å². The van der Waals surface area contributed by atoms with Gasteiger partial charge in [0.2, 0.25) is 0 Å². The van der Waals surface area contributed by atoms with Gasteiger partial charge in [0.05, 0.1) is 25.4 Å². The van der Waals surface area contributed by atoms with Crippen LogP contribution in [0.3, 0.4) is 0 Å². The number of carbonyl (C=O) groups excluding carboxylic acids is 1. The maximum absolute atomic E-state index is 12.2. The van der Waals surface area contributed by atoms with Crippen molar-refractivity contribution >= 4 is 6.09 Å². The van der Waals surface area contributed by atoms with Gasteiger partial charge in [0.15, 0.2) is 0 Å². The molecule has 3 fully saturated rings. The van der Waals surface area contributed by atoms with Gasteiger partial charge in [0.1, 0.15) is 5.60 Å². The summed E-state index contributed by atoms with van der Waals surface area (Å²) < 4.78 is 17.0. The van der Waals surface area contributed by atoms with Gasteiger partial charge in [-0.1, -0.05) is 0 Å². The standard InChI is InChI=1S/C15H26N2O4/c1-15(4-5-15)21-14(18)17-6-3-11(13(9-17)19-2)10-20-12-7-16-8-12/h11-13,16H,3-10H2,1-2H3. The molecule has 0 aromatic carbocycles. The average Bonchev–Trinajstić information content (AvgIpc) is 3.14. The number of rotatable bonds is 5. The van der Waals surface area contributed by atoms with Crippen molar-refractivity contribution < 1.29 is 19.0 Å². The van der Waals surface area contributed by atoms with Crippen molar-refractivity contribution in [3.8, 4) is 0 Å². The minimum Gasteiger partial charge on any atom is -0.443 e. The molecule has 1 saturated carbocycles. The van der Waals surface area contributed by atoms with Crippen molar-refractivity contribution in [2.75, 3.05) is 39.9 Å². The average molecular weight is 298 g/mol. The molecule has 2 unspecified atom stereocenters.